The highest BCUT2D eigenvalue weighted by Gasteiger charge is 2.28. The van der Waals surface area contributed by atoms with E-state index in [0.717, 1.165) is 25.1 Å². The molecule has 0 bridgehead atoms. The molecular formula is C11H14N2O. The number of amides is 1. The Morgan fingerprint density at radius 3 is 3.07 bits per heavy atom. The Labute approximate surface area is 83.8 Å². The van der Waals surface area contributed by atoms with Crippen LogP contribution in [-0.4, -0.2) is 22.3 Å². The van der Waals surface area contributed by atoms with Crippen molar-refractivity contribution in [3.8, 4) is 0 Å². The van der Waals surface area contributed by atoms with Gasteiger partial charge in [-0.1, -0.05) is 6.07 Å². The summed E-state index contributed by atoms with van der Waals surface area (Å²) in [5.41, 5.74) is 1.01. The van der Waals surface area contributed by atoms with E-state index in [1.165, 1.54) is 0 Å². The Morgan fingerprint density at radius 2 is 2.43 bits per heavy atom. The van der Waals surface area contributed by atoms with E-state index >= 15 is 0 Å². The van der Waals surface area contributed by atoms with Crippen molar-refractivity contribution in [2.45, 2.75) is 25.8 Å². The van der Waals surface area contributed by atoms with Crippen LogP contribution in [0.2, 0.25) is 0 Å². The maximum Gasteiger partial charge on any atom is 0.220 e. The van der Waals surface area contributed by atoms with E-state index in [1.54, 1.807) is 13.1 Å². The molecule has 1 saturated heterocycles. The number of pyridine rings is 1. The van der Waals surface area contributed by atoms with Crippen LogP contribution in [0.25, 0.3) is 0 Å². The molecule has 0 radical (unpaired) electrons. The second-order valence-corrected chi connectivity index (χ2v) is 3.63. The van der Waals surface area contributed by atoms with Gasteiger partial charge in [0.1, 0.15) is 0 Å². The molecule has 1 fully saturated rings. The van der Waals surface area contributed by atoms with Gasteiger partial charge < -0.3 is 4.90 Å². The summed E-state index contributed by atoms with van der Waals surface area (Å²) < 4.78 is 0. The highest BCUT2D eigenvalue weighted by atomic mass is 16.2. The van der Waals surface area contributed by atoms with Crippen LogP contribution >= 0.6 is 0 Å². The van der Waals surface area contributed by atoms with E-state index < -0.39 is 0 Å². The molecule has 74 valence electrons. The third kappa shape index (κ3) is 1.62. The lowest BCUT2D eigenvalue weighted by Gasteiger charge is -2.22. The summed E-state index contributed by atoms with van der Waals surface area (Å²) in [7, 11) is 0. The fourth-order valence-electron chi connectivity index (χ4n) is 2.02. The number of nitrogens with zero attached hydrogens (tertiary/aromatic N) is 2. The molecule has 0 aliphatic carbocycles. The minimum Gasteiger partial charge on any atom is -0.334 e. The summed E-state index contributed by atoms with van der Waals surface area (Å²) in [5, 5.41) is 0. The molecule has 14 heavy (non-hydrogen) atoms. The van der Waals surface area contributed by atoms with Gasteiger partial charge in [-0.05, 0) is 25.0 Å². The summed E-state index contributed by atoms with van der Waals surface area (Å²) in [6.45, 7) is 2.50. The molecule has 3 nitrogen and oxygen atoms in total. The zero-order valence-corrected chi connectivity index (χ0v) is 8.31. The van der Waals surface area contributed by atoms with Gasteiger partial charge in [0.15, 0.2) is 0 Å². The van der Waals surface area contributed by atoms with E-state index in [4.69, 9.17) is 0 Å². The molecule has 1 amide bonds. The monoisotopic (exact) mass is 190 g/mol. The van der Waals surface area contributed by atoms with Crippen molar-refractivity contribution >= 4 is 5.91 Å². The van der Waals surface area contributed by atoms with Crippen molar-refractivity contribution in [1.82, 2.24) is 9.88 Å². The third-order valence-corrected chi connectivity index (χ3v) is 2.69. The molecule has 3 heteroatoms. The Balaban J connectivity index is 2.22. The maximum atomic E-state index is 11.3. The van der Waals surface area contributed by atoms with Crippen LogP contribution in [0.15, 0.2) is 24.4 Å². The normalized spacial score (nSPS) is 21.2. The Morgan fingerprint density at radius 1 is 1.57 bits per heavy atom. The molecule has 2 heterocycles. The maximum absolute atomic E-state index is 11.3. The highest BCUT2D eigenvalue weighted by molar-refractivity contribution is 5.74. The number of rotatable bonds is 1. The number of hydrogen-bond donors (Lipinski definition) is 0. The topological polar surface area (TPSA) is 33.2 Å². The summed E-state index contributed by atoms with van der Waals surface area (Å²) in [6, 6.07) is 6.07. The lowest BCUT2D eigenvalue weighted by Crippen LogP contribution is -2.28. The first-order valence-corrected chi connectivity index (χ1v) is 4.97. The summed E-state index contributed by atoms with van der Waals surface area (Å²) >= 11 is 0. The molecule has 2 rings (SSSR count). The van der Waals surface area contributed by atoms with Crippen molar-refractivity contribution in [3.63, 3.8) is 0 Å². The van der Waals surface area contributed by atoms with Gasteiger partial charge in [-0.3, -0.25) is 9.78 Å². The van der Waals surface area contributed by atoms with Gasteiger partial charge in [-0.15, -0.1) is 0 Å². The molecule has 0 aromatic carbocycles. The molecular weight excluding hydrogens is 176 g/mol. The van der Waals surface area contributed by atoms with Crippen molar-refractivity contribution in [1.29, 1.82) is 0 Å². The average molecular weight is 190 g/mol. The molecule has 0 N–H and O–H groups in total. The van der Waals surface area contributed by atoms with Gasteiger partial charge >= 0.3 is 0 Å². The lowest BCUT2D eigenvalue weighted by molar-refractivity contribution is -0.129. The summed E-state index contributed by atoms with van der Waals surface area (Å²) in [4.78, 5) is 17.5. The van der Waals surface area contributed by atoms with Crippen LogP contribution in [0.3, 0.4) is 0 Å². The van der Waals surface area contributed by atoms with Gasteiger partial charge in [0.05, 0.1) is 11.7 Å². The van der Waals surface area contributed by atoms with Crippen LogP contribution in [-0.2, 0) is 4.79 Å². The zero-order valence-electron chi connectivity index (χ0n) is 8.31. The first kappa shape index (κ1) is 9.19. The molecule has 0 spiro atoms. The van der Waals surface area contributed by atoms with Gasteiger partial charge in [0.25, 0.3) is 0 Å². The van der Waals surface area contributed by atoms with Gasteiger partial charge in [-0.2, -0.15) is 0 Å². The Bertz CT molecular complexity index is 323. The van der Waals surface area contributed by atoms with E-state index in [0.29, 0.717) is 0 Å². The smallest absolute Gasteiger partial charge is 0.220 e. The molecule has 1 aliphatic heterocycles. The Hall–Kier alpha value is -1.38. The number of likely N-dealkylation sites (tertiary alicyclic amines) is 1. The molecule has 1 aromatic rings. The van der Waals surface area contributed by atoms with E-state index in [-0.39, 0.29) is 11.9 Å². The van der Waals surface area contributed by atoms with E-state index in [9.17, 15) is 4.79 Å². The van der Waals surface area contributed by atoms with Crippen molar-refractivity contribution in [3.05, 3.63) is 30.1 Å². The minimum atomic E-state index is 0.151. The van der Waals surface area contributed by atoms with Crippen LogP contribution in [0.5, 0.6) is 0 Å². The standard InChI is InChI=1S/C11H14N2O/c1-9(14)13-8-4-6-11(13)10-5-2-3-7-12-10/h2-3,5,7,11H,4,6,8H2,1H3/t11-/m0/s1. The fraction of sp³-hybridized carbons (Fsp3) is 0.455. The van der Waals surface area contributed by atoms with Gasteiger partial charge in [0.2, 0.25) is 5.91 Å². The van der Waals surface area contributed by atoms with Crippen molar-refractivity contribution in [2.24, 2.45) is 0 Å². The van der Waals surface area contributed by atoms with Gasteiger partial charge in [-0.25, -0.2) is 0 Å². The fourth-order valence-corrected chi connectivity index (χ4v) is 2.02. The highest BCUT2D eigenvalue weighted by Crippen LogP contribution is 2.30. The minimum absolute atomic E-state index is 0.151. The van der Waals surface area contributed by atoms with Crippen molar-refractivity contribution in [2.75, 3.05) is 6.54 Å². The quantitative estimate of drug-likeness (QED) is 0.676. The number of hydrogen-bond acceptors (Lipinski definition) is 2. The first-order valence-electron chi connectivity index (χ1n) is 4.97. The van der Waals surface area contributed by atoms with Crippen LogP contribution in [0.1, 0.15) is 31.5 Å². The third-order valence-electron chi connectivity index (χ3n) is 2.69. The first-order chi connectivity index (χ1) is 6.79. The second-order valence-electron chi connectivity index (χ2n) is 3.63. The molecule has 1 aromatic heterocycles. The molecule has 0 saturated carbocycles. The lowest BCUT2D eigenvalue weighted by atomic mass is 10.1. The summed E-state index contributed by atoms with van der Waals surface area (Å²) in [5.74, 6) is 0.151. The van der Waals surface area contributed by atoms with Crippen molar-refractivity contribution < 1.29 is 4.79 Å². The summed E-state index contributed by atoms with van der Waals surface area (Å²) in [6.07, 6.45) is 3.91. The number of carbonyl (C=O) groups is 1. The predicted octanol–water partition coefficient (Wildman–Crippen LogP) is 1.77. The zero-order chi connectivity index (χ0) is 9.97. The van der Waals surface area contributed by atoms with Crippen LogP contribution < -0.4 is 0 Å². The second kappa shape index (κ2) is 3.78. The van der Waals surface area contributed by atoms with E-state index in [2.05, 4.69) is 4.98 Å². The number of carbonyl (C=O) groups excluding carboxylic acids is 1. The molecule has 0 unspecified atom stereocenters. The van der Waals surface area contributed by atoms with Crippen LogP contribution in [0, 0.1) is 0 Å². The average Bonchev–Trinajstić information content (AvgIpc) is 2.67. The van der Waals surface area contributed by atoms with E-state index in [1.807, 2.05) is 23.1 Å². The molecule has 1 atom stereocenters. The van der Waals surface area contributed by atoms with Gasteiger partial charge in [0, 0.05) is 19.7 Å². The Kier molecular flexibility index (Phi) is 2.48. The predicted molar refractivity (Wildman–Crippen MR) is 53.6 cm³/mol. The number of aromatic nitrogens is 1. The van der Waals surface area contributed by atoms with Crippen LogP contribution in [0.4, 0.5) is 0 Å². The SMILES string of the molecule is CC(=O)N1CCC[C@H]1c1ccccn1. The molecule has 1 aliphatic rings. The largest absolute Gasteiger partial charge is 0.334 e.